The third-order valence-corrected chi connectivity index (χ3v) is 5.19. The highest BCUT2D eigenvalue weighted by Gasteiger charge is 2.40. The Bertz CT molecular complexity index is 674. The number of hydrogen-bond acceptors (Lipinski definition) is 3. The zero-order valence-corrected chi connectivity index (χ0v) is 16.1. The number of benzene rings is 1. The van der Waals surface area contributed by atoms with Crippen molar-refractivity contribution in [1.82, 2.24) is 16.0 Å². The van der Waals surface area contributed by atoms with Gasteiger partial charge in [0.05, 0.1) is 6.54 Å². The molecule has 0 heterocycles. The molecular weight excluding hydrogens is 370 g/mol. The molecule has 0 spiro atoms. The first-order valence-electron chi connectivity index (χ1n) is 9.22. The van der Waals surface area contributed by atoms with E-state index in [-0.39, 0.29) is 19.0 Å². The fourth-order valence-corrected chi connectivity index (χ4v) is 3.48. The van der Waals surface area contributed by atoms with Gasteiger partial charge in [0, 0.05) is 11.1 Å². The molecule has 0 radical (unpaired) electrons. The monoisotopic (exact) mass is 395 g/mol. The Balaban J connectivity index is 1.96. The van der Waals surface area contributed by atoms with Crippen LogP contribution in [-0.2, 0) is 15.1 Å². The SMILES string of the molecule is CCC(NC(=O)CNC(=O)NC1CCCCC1)(C(=O)O)c1ccc(Cl)cc1. The highest BCUT2D eigenvalue weighted by atomic mass is 35.5. The third-order valence-electron chi connectivity index (χ3n) is 4.94. The van der Waals surface area contributed by atoms with Gasteiger partial charge in [0.15, 0.2) is 5.54 Å². The summed E-state index contributed by atoms with van der Waals surface area (Å²) >= 11 is 5.87. The Morgan fingerprint density at radius 1 is 1.15 bits per heavy atom. The summed E-state index contributed by atoms with van der Waals surface area (Å²) in [6.45, 7) is 1.37. The molecular formula is C19H26ClN3O4. The predicted molar refractivity (Wildman–Crippen MR) is 103 cm³/mol. The summed E-state index contributed by atoms with van der Waals surface area (Å²) in [6, 6.07) is 6.01. The fraction of sp³-hybridized carbons (Fsp3) is 0.526. The first-order valence-corrected chi connectivity index (χ1v) is 9.60. The first kappa shape index (κ1) is 21.0. The van der Waals surface area contributed by atoms with Gasteiger partial charge >= 0.3 is 12.0 Å². The number of carbonyl (C=O) groups is 3. The molecule has 0 aromatic heterocycles. The minimum Gasteiger partial charge on any atom is -0.479 e. The van der Waals surface area contributed by atoms with Gasteiger partial charge in [-0.05, 0) is 37.0 Å². The molecule has 1 aromatic carbocycles. The van der Waals surface area contributed by atoms with Crippen molar-refractivity contribution in [2.45, 2.75) is 57.0 Å². The van der Waals surface area contributed by atoms with Crippen molar-refractivity contribution in [2.24, 2.45) is 0 Å². The molecule has 1 aliphatic rings. The summed E-state index contributed by atoms with van der Waals surface area (Å²) in [4.78, 5) is 36.2. The standard InChI is InChI=1S/C19H26ClN3O4/c1-2-19(17(25)26,13-8-10-14(20)11-9-13)23-16(24)12-21-18(27)22-15-6-4-3-5-7-15/h8-11,15H,2-7,12H2,1H3,(H,23,24)(H,25,26)(H2,21,22,27). The number of carbonyl (C=O) groups excluding carboxylic acids is 2. The number of carboxylic acid groups (broad SMARTS) is 1. The summed E-state index contributed by atoms with van der Waals surface area (Å²) in [5.74, 6) is -1.75. The zero-order chi connectivity index (χ0) is 19.9. The molecule has 1 saturated carbocycles. The molecule has 1 unspecified atom stereocenters. The van der Waals surface area contributed by atoms with Crippen LogP contribution in [0, 0.1) is 0 Å². The van der Waals surface area contributed by atoms with Crippen molar-refractivity contribution in [3.05, 3.63) is 34.9 Å². The lowest BCUT2D eigenvalue weighted by Gasteiger charge is -2.30. The number of halogens is 1. The minimum atomic E-state index is -1.58. The molecule has 27 heavy (non-hydrogen) atoms. The summed E-state index contributed by atoms with van der Waals surface area (Å²) in [5, 5.41) is 18.1. The van der Waals surface area contributed by atoms with Crippen LogP contribution in [-0.4, -0.2) is 35.6 Å². The predicted octanol–water partition coefficient (Wildman–Crippen LogP) is 2.78. The quantitative estimate of drug-likeness (QED) is 0.569. The Hall–Kier alpha value is -2.28. The second-order valence-electron chi connectivity index (χ2n) is 6.78. The molecule has 4 N–H and O–H groups in total. The van der Waals surface area contributed by atoms with Crippen molar-refractivity contribution >= 4 is 29.5 Å². The lowest BCUT2D eigenvalue weighted by molar-refractivity contribution is -0.148. The number of carboxylic acids is 1. The summed E-state index contributed by atoms with van der Waals surface area (Å²) < 4.78 is 0. The second kappa shape index (κ2) is 9.60. The van der Waals surface area contributed by atoms with Crippen LogP contribution in [0.15, 0.2) is 24.3 Å². The molecule has 1 atom stereocenters. The van der Waals surface area contributed by atoms with Gasteiger partial charge in [-0.1, -0.05) is 49.9 Å². The van der Waals surface area contributed by atoms with Crippen molar-refractivity contribution < 1.29 is 19.5 Å². The average Bonchev–Trinajstić information content (AvgIpc) is 2.66. The van der Waals surface area contributed by atoms with Gasteiger partial charge in [-0.25, -0.2) is 9.59 Å². The topological polar surface area (TPSA) is 108 Å². The van der Waals surface area contributed by atoms with Gasteiger partial charge in [-0.15, -0.1) is 0 Å². The maximum atomic E-state index is 12.3. The minimum absolute atomic E-state index is 0.129. The van der Waals surface area contributed by atoms with E-state index in [4.69, 9.17) is 11.6 Å². The molecule has 1 fully saturated rings. The number of aliphatic carboxylic acids is 1. The molecule has 0 saturated heterocycles. The molecule has 0 bridgehead atoms. The third kappa shape index (κ3) is 5.60. The Morgan fingerprint density at radius 2 is 1.78 bits per heavy atom. The Morgan fingerprint density at radius 3 is 2.33 bits per heavy atom. The van der Waals surface area contributed by atoms with Crippen LogP contribution in [0.4, 0.5) is 4.79 Å². The van der Waals surface area contributed by atoms with Gasteiger partial charge in [-0.2, -0.15) is 0 Å². The lowest BCUT2D eigenvalue weighted by atomic mass is 9.87. The highest BCUT2D eigenvalue weighted by molar-refractivity contribution is 6.30. The van der Waals surface area contributed by atoms with E-state index < -0.39 is 23.4 Å². The van der Waals surface area contributed by atoms with E-state index in [9.17, 15) is 19.5 Å². The lowest BCUT2D eigenvalue weighted by Crippen LogP contribution is -2.54. The second-order valence-corrected chi connectivity index (χ2v) is 7.22. The number of hydrogen-bond donors (Lipinski definition) is 4. The maximum Gasteiger partial charge on any atom is 0.334 e. The summed E-state index contributed by atoms with van der Waals surface area (Å²) in [7, 11) is 0. The molecule has 1 aliphatic carbocycles. The van der Waals surface area contributed by atoms with Crippen molar-refractivity contribution in [3.8, 4) is 0 Å². The molecule has 2 rings (SSSR count). The van der Waals surface area contributed by atoms with Gasteiger partial charge in [0.2, 0.25) is 5.91 Å². The maximum absolute atomic E-state index is 12.3. The van der Waals surface area contributed by atoms with E-state index >= 15 is 0 Å². The van der Waals surface area contributed by atoms with Crippen molar-refractivity contribution in [1.29, 1.82) is 0 Å². The molecule has 7 nitrogen and oxygen atoms in total. The number of nitrogens with one attached hydrogen (secondary N) is 3. The summed E-state index contributed by atoms with van der Waals surface area (Å²) in [5.41, 5.74) is -1.16. The van der Waals surface area contributed by atoms with E-state index in [1.165, 1.54) is 6.42 Å². The molecule has 3 amide bonds. The van der Waals surface area contributed by atoms with Crippen LogP contribution in [0.3, 0.4) is 0 Å². The van der Waals surface area contributed by atoms with E-state index in [1.54, 1.807) is 31.2 Å². The van der Waals surface area contributed by atoms with Crippen LogP contribution >= 0.6 is 11.6 Å². The van der Waals surface area contributed by atoms with Gasteiger partial charge in [0.25, 0.3) is 0 Å². The van der Waals surface area contributed by atoms with Gasteiger partial charge in [-0.3, -0.25) is 4.79 Å². The van der Waals surface area contributed by atoms with Gasteiger partial charge < -0.3 is 21.1 Å². The normalized spacial score (nSPS) is 16.8. The number of amides is 3. The van der Waals surface area contributed by atoms with Gasteiger partial charge in [0.1, 0.15) is 0 Å². The average molecular weight is 396 g/mol. The van der Waals surface area contributed by atoms with Crippen LogP contribution in [0.2, 0.25) is 5.02 Å². The van der Waals surface area contributed by atoms with Crippen LogP contribution < -0.4 is 16.0 Å². The smallest absolute Gasteiger partial charge is 0.334 e. The van der Waals surface area contributed by atoms with E-state index in [1.807, 2.05) is 0 Å². The molecule has 148 valence electrons. The van der Waals surface area contributed by atoms with E-state index in [2.05, 4.69) is 16.0 Å². The highest BCUT2D eigenvalue weighted by Crippen LogP contribution is 2.27. The Kier molecular flexibility index (Phi) is 7.47. The fourth-order valence-electron chi connectivity index (χ4n) is 3.35. The zero-order valence-electron chi connectivity index (χ0n) is 15.4. The Labute approximate surface area is 163 Å². The van der Waals surface area contributed by atoms with E-state index in [0.29, 0.717) is 10.6 Å². The summed E-state index contributed by atoms with van der Waals surface area (Å²) in [6.07, 6.45) is 5.38. The molecule has 8 heteroatoms. The number of rotatable bonds is 7. The number of urea groups is 1. The van der Waals surface area contributed by atoms with Crippen LogP contribution in [0.1, 0.15) is 51.0 Å². The van der Waals surface area contributed by atoms with Crippen LogP contribution in [0.5, 0.6) is 0 Å². The van der Waals surface area contributed by atoms with Crippen molar-refractivity contribution in [3.63, 3.8) is 0 Å². The van der Waals surface area contributed by atoms with Crippen molar-refractivity contribution in [2.75, 3.05) is 6.54 Å². The first-order chi connectivity index (χ1) is 12.9. The largest absolute Gasteiger partial charge is 0.479 e. The molecule has 1 aromatic rings. The van der Waals surface area contributed by atoms with Crippen LogP contribution in [0.25, 0.3) is 0 Å². The van der Waals surface area contributed by atoms with E-state index in [0.717, 1.165) is 25.7 Å². The molecule has 0 aliphatic heterocycles.